The Labute approximate surface area is 133 Å². The molecule has 22 heavy (non-hydrogen) atoms. The molecule has 7 heteroatoms. The van der Waals surface area contributed by atoms with Crippen molar-refractivity contribution in [1.29, 1.82) is 0 Å². The van der Waals surface area contributed by atoms with Crippen LogP contribution in [0.5, 0.6) is 5.75 Å². The number of amides is 2. The van der Waals surface area contributed by atoms with E-state index in [4.69, 9.17) is 22.1 Å². The summed E-state index contributed by atoms with van der Waals surface area (Å²) < 4.78 is 5.70. The zero-order chi connectivity index (χ0) is 16.4. The number of halogens is 1. The summed E-state index contributed by atoms with van der Waals surface area (Å²) in [5, 5.41) is 0. The number of ketones is 1. The fourth-order valence-electron chi connectivity index (χ4n) is 2.28. The first-order valence-electron chi connectivity index (χ1n) is 6.84. The Balaban J connectivity index is 2.50. The highest BCUT2D eigenvalue weighted by Crippen LogP contribution is 2.36. The molecule has 1 aromatic rings. The minimum atomic E-state index is -0.693. The van der Waals surface area contributed by atoms with Crippen molar-refractivity contribution in [3.63, 3.8) is 0 Å². The predicted molar refractivity (Wildman–Crippen MR) is 82.3 cm³/mol. The van der Waals surface area contributed by atoms with E-state index < -0.39 is 12.0 Å². The number of primary amides is 1. The first kappa shape index (κ1) is 16.3. The van der Waals surface area contributed by atoms with Crippen molar-refractivity contribution in [2.45, 2.75) is 20.0 Å². The van der Waals surface area contributed by atoms with Gasteiger partial charge in [0.1, 0.15) is 12.3 Å². The average Bonchev–Trinajstić information content (AvgIpc) is 2.47. The molecular weight excluding hydrogens is 308 g/mol. The smallest absolute Gasteiger partial charge is 0.268 e. The topological polar surface area (TPSA) is 89.7 Å². The Morgan fingerprint density at radius 2 is 2.09 bits per heavy atom. The zero-order valence-electron chi connectivity index (χ0n) is 12.3. The van der Waals surface area contributed by atoms with Crippen LogP contribution in [0.15, 0.2) is 18.2 Å². The van der Waals surface area contributed by atoms with E-state index in [1.54, 1.807) is 12.1 Å². The average molecular weight is 325 g/mol. The number of anilines is 1. The molecule has 1 heterocycles. The molecule has 0 radical (unpaired) electrons. The molecule has 0 aromatic heterocycles. The first-order chi connectivity index (χ1) is 10.3. The van der Waals surface area contributed by atoms with Crippen LogP contribution in [0.4, 0.5) is 5.69 Å². The van der Waals surface area contributed by atoms with Crippen LogP contribution in [0.1, 0.15) is 24.2 Å². The van der Waals surface area contributed by atoms with Crippen molar-refractivity contribution in [3.05, 3.63) is 23.8 Å². The van der Waals surface area contributed by atoms with E-state index in [2.05, 4.69) is 0 Å². The Bertz CT molecular complexity index is 630. The number of hydrogen-bond donors (Lipinski definition) is 1. The third-order valence-corrected chi connectivity index (χ3v) is 3.62. The Kier molecular flexibility index (Phi) is 4.71. The van der Waals surface area contributed by atoms with Gasteiger partial charge in [-0.05, 0) is 24.1 Å². The van der Waals surface area contributed by atoms with Gasteiger partial charge in [-0.3, -0.25) is 19.3 Å². The van der Waals surface area contributed by atoms with Crippen LogP contribution in [0, 0.1) is 5.92 Å². The number of alkyl halides is 1. The lowest BCUT2D eigenvalue weighted by Crippen LogP contribution is -2.51. The molecule has 2 amide bonds. The second-order valence-electron chi connectivity index (χ2n) is 5.41. The maximum atomic E-state index is 12.5. The lowest BCUT2D eigenvalue weighted by Gasteiger charge is -2.35. The number of Topliss-reactive ketones (excluding diaryl/α,β-unsaturated/α-hetero) is 1. The van der Waals surface area contributed by atoms with E-state index in [1.165, 1.54) is 11.0 Å². The van der Waals surface area contributed by atoms with Gasteiger partial charge in [0.05, 0.1) is 11.6 Å². The molecule has 0 spiro atoms. The van der Waals surface area contributed by atoms with Gasteiger partial charge in [-0.1, -0.05) is 13.8 Å². The molecule has 0 saturated carbocycles. The summed E-state index contributed by atoms with van der Waals surface area (Å²) in [5.41, 5.74) is 5.93. The van der Waals surface area contributed by atoms with E-state index in [0.717, 1.165) is 0 Å². The summed E-state index contributed by atoms with van der Waals surface area (Å²) in [6, 6.07) is 4.68. The van der Waals surface area contributed by atoms with Gasteiger partial charge < -0.3 is 10.5 Å². The molecular formula is C15H17ClN2O4. The molecule has 2 N–H and O–H groups in total. The summed E-state index contributed by atoms with van der Waals surface area (Å²) in [5.74, 6) is -1.07. The predicted octanol–water partition coefficient (Wildman–Crippen LogP) is 1.34. The van der Waals surface area contributed by atoms with Gasteiger partial charge in [0, 0.05) is 5.56 Å². The van der Waals surface area contributed by atoms with Gasteiger partial charge in [0.15, 0.2) is 11.9 Å². The number of benzene rings is 1. The molecule has 6 nitrogen and oxygen atoms in total. The minimum Gasteiger partial charge on any atom is -0.478 e. The van der Waals surface area contributed by atoms with Crippen molar-refractivity contribution in [1.82, 2.24) is 0 Å². The lowest BCUT2D eigenvalue weighted by molar-refractivity contribution is -0.129. The molecule has 2 rings (SSSR count). The molecule has 1 aliphatic rings. The summed E-state index contributed by atoms with van der Waals surface area (Å²) in [6.07, 6.45) is -0.693. The Morgan fingerprint density at radius 3 is 2.64 bits per heavy atom. The zero-order valence-corrected chi connectivity index (χ0v) is 13.1. The maximum Gasteiger partial charge on any atom is 0.268 e. The van der Waals surface area contributed by atoms with E-state index in [1.807, 2.05) is 13.8 Å². The number of fused-ring (bicyclic) bond motifs is 1. The van der Waals surface area contributed by atoms with Gasteiger partial charge in [0.25, 0.3) is 5.91 Å². The van der Waals surface area contributed by atoms with Gasteiger partial charge in [-0.25, -0.2) is 0 Å². The summed E-state index contributed by atoms with van der Waals surface area (Å²) in [4.78, 5) is 36.7. The van der Waals surface area contributed by atoms with Crippen LogP contribution in [-0.2, 0) is 9.59 Å². The van der Waals surface area contributed by atoms with E-state index in [9.17, 15) is 14.4 Å². The first-order valence-corrected chi connectivity index (χ1v) is 7.38. The normalized spacial score (nSPS) is 17.2. The van der Waals surface area contributed by atoms with Crippen LogP contribution in [0.2, 0.25) is 0 Å². The summed E-state index contributed by atoms with van der Waals surface area (Å²) in [6.45, 7) is 3.43. The summed E-state index contributed by atoms with van der Waals surface area (Å²) >= 11 is 5.55. The molecule has 1 unspecified atom stereocenters. The number of ether oxygens (including phenoxy) is 1. The fraction of sp³-hybridized carbons (Fsp3) is 0.400. The van der Waals surface area contributed by atoms with Crippen LogP contribution >= 0.6 is 11.6 Å². The highest BCUT2D eigenvalue weighted by Gasteiger charge is 2.37. The summed E-state index contributed by atoms with van der Waals surface area (Å²) in [7, 11) is 0. The van der Waals surface area contributed by atoms with Gasteiger partial charge >= 0.3 is 0 Å². The van der Waals surface area contributed by atoms with Crippen molar-refractivity contribution >= 4 is 34.9 Å². The molecule has 1 aromatic carbocycles. The van der Waals surface area contributed by atoms with E-state index in [0.29, 0.717) is 17.0 Å². The highest BCUT2D eigenvalue weighted by molar-refractivity contribution is 6.30. The van der Waals surface area contributed by atoms with Gasteiger partial charge in [-0.15, -0.1) is 11.6 Å². The molecule has 0 fully saturated rings. The maximum absolute atomic E-state index is 12.5. The largest absolute Gasteiger partial charge is 0.478 e. The van der Waals surface area contributed by atoms with Gasteiger partial charge in [0.2, 0.25) is 5.91 Å². The molecule has 1 aliphatic heterocycles. The number of hydrogen-bond acceptors (Lipinski definition) is 4. The molecule has 118 valence electrons. The number of carbonyl (C=O) groups is 3. The lowest BCUT2D eigenvalue weighted by atomic mass is 10.0. The second-order valence-corrected chi connectivity index (χ2v) is 5.68. The highest BCUT2D eigenvalue weighted by atomic mass is 35.5. The standard InChI is InChI=1S/C15H17ClN2O4/c1-8(2)14-15(21)18(7-13(17)20)10-5-9(11(19)6-16)3-4-12(10)22-14/h3-5,8,14H,6-7H2,1-2H3,(H2,17,20). The van der Waals surface area contributed by atoms with E-state index >= 15 is 0 Å². The molecule has 0 saturated heterocycles. The SMILES string of the molecule is CC(C)C1Oc2ccc(C(=O)CCl)cc2N(CC(N)=O)C1=O. The molecule has 0 bridgehead atoms. The Morgan fingerprint density at radius 1 is 1.41 bits per heavy atom. The van der Waals surface area contributed by atoms with Crippen molar-refractivity contribution in [2.75, 3.05) is 17.3 Å². The molecule has 0 aliphatic carbocycles. The molecule has 1 atom stereocenters. The van der Waals surface area contributed by atoms with Crippen LogP contribution < -0.4 is 15.4 Å². The van der Waals surface area contributed by atoms with Crippen molar-refractivity contribution in [2.24, 2.45) is 11.7 Å². The van der Waals surface area contributed by atoms with Crippen LogP contribution in [0.25, 0.3) is 0 Å². The monoisotopic (exact) mass is 324 g/mol. The number of rotatable bonds is 5. The number of nitrogens with zero attached hydrogens (tertiary/aromatic N) is 1. The quantitative estimate of drug-likeness (QED) is 0.654. The number of carbonyl (C=O) groups excluding carboxylic acids is 3. The fourth-order valence-corrected chi connectivity index (χ4v) is 2.43. The van der Waals surface area contributed by atoms with Gasteiger partial charge in [-0.2, -0.15) is 0 Å². The van der Waals surface area contributed by atoms with Crippen molar-refractivity contribution < 1.29 is 19.1 Å². The third kappa shape index (κ3) is 3.06. The van der Waals surface area contributed by atoms with Crippen LogP contribution in [-0.4, -0.2) is 36.1 Å². The van der Waals surface area contributed by atoms with Crippen LogP contribution in [0.3, 0.4) is 0 Å². The second kappa shape index (κ2) is 6.36. The van der Waals surface area contributed by atoms with Crippen molar-refractivity contribution in [3.8, 4) is 5.75 Å². The van der Waals surface area contributed by atoms with E-state index in [-0.39, 0.29) is 30.0 Å². The Hall–Kier alpha value is -2.08. The third-order valence-electron chi connectivity index (χ3n) is 3.38. The minimum absolute atomic E-state index is 0.0693. The number of nitrogens with two attached hydrogens (primary N) is 1.